The van der Waals surface area contributed by atoms with Gasteiger partial charge in [0.15, 0.2) is 0 Å². The minimum Gasteiger partial charge on any atom is -0.478 e. The van der Waals surface area contributed by atoms with E-state index in [0.29, 0.717) is 23.5 Å². The van der Waals surface area contributed by atoms with Crippen LogP contribution in [0.2, 0.25) is 0 Å². The Morgan fingerprint density at radius 1 is 1.26 bits per heavy atom. The summed E-state index contributed by atoms with van der Waals surface area (Å²) in [6.45, 7) is 8.79. The Morgan fingerprint density at radius 3 is 2.47 bits per heavy atom. The summed E-state index contributed by atoms with van der Waals surface area (Å²) in [6, 6.07) is 2.00. The van der Waals surface area contributed by atoms with Gasteiger partial charge in [-0.15, -0.1) is 0 Å². The van der Waals surface area contributed by atoms with Crippen molar-refractivity contribution < 1.29 is 9.90 Å². The molecule has 19 heavy (non-hydrogen) atoms. The van der Waals surface area contributed by atoms with Crippen molar-refractivity contribution in [2.24, 2.45) is 0 Å². The van der Waals surface area contributed by atoms with Crippen molar-refractivity contribution in [2.45, 2.75) is 40.8 Å². The maximum absolute atomic E-state index is 11.2. The Balaban J connectivity index is 2.39. The van der Waals surface area contributed by atoms with Gasteiger partial charge in [-0.25, -0.2) is 4.79 Å². The summed E-state index contributed by atoms with van der Waals surface area (Å²) >= 11 is 0. The average molecular weight is 262 g/mol. The van der Waals surface area contributed by atoms with Crippen molar-refractivity contribution >= 4 is 5.97 Å². The summed E-state index contributed by atoms with van der Waals surface area (Å²) in [6.07, 6.45) is 0. The Labute approximate surface area is 111 Å². The zero-order chi connectivity index (χ0) is 14.2. The molecule has 0 atom stereocenters. The number of nitrogens with zero attached hydrogens (tertiary/aromatic N) is 4. The zero-order valence-electron chi connectivity index (χ0n) is 11.6. The molecule has 0 saturated carbocycles. The van der Waals surface area contributed by atoms with Crippen LogP contribution in [0.5, 0.6) is 0 Å². The first-order valence-corrected chi connectivity index (χ1v) is 6.24. The SMILES string of the molecule is CCn1nc(C)cc1Cn1nc(C)c(C(=O)O)c1C. The van der Waals surface area contributed by atoms with E-state index in [4.69, 9.17) is 5.11 Å². The number of aromatic carboxylic acids is 1. The van der Waals surface area contributed by atoms with E-state index in [1.807, 2.05) is 24.6 Å². The molecule has 2 aromatic heterocycles. The van der Waals surface area contributed by atoms with E-state index in [0.717, 1.165) is 17.9 Å². The second-order valence-electron chi connectivity index (χ2n) is 4.60. The van der Waals surface area contributed by atoms with E-state index in [2.05, 4.69) is 10.2 Å². The summed E-state index contributed by atoms with van der Waals surface area (Å²) in [7, 11) is 0. The van der Waals surface area contributed by atoms with Crippen molar-refractivity contribution in [1.82, 2.24) is 19.6 Å². The number of hydrogen-bond acceptors (Lipinski definition) is 3. The van der Waals surface area contributed by atoms with Crippen LogP contribution in [0.1, 0.15) is 40.1 Å². The largest absolute Gasteiger partial charge is 0.478 e. The van der Waals surface area contributed by atoms with E-state index >= 15 is 0 Å². The van der Waals surface area contributed by atoms with Crippen LogP contribution in [0.3, 0.4) is 0 Å². The summed E-state index contributed by atoms with van der Waals surface area (Å²) in [5, 5.41) is 17.8. The molecule has 0 aliphatic rings. The number of carboxylic acids is 1. The monoisotopic (exact) mass is 262 g/mol. The van der Waals surface area contributed by atoms with Crippen LogP contribution >= 0.6 is 0 Å². The Bertz CT molecular complexity index is 625. The van der Waals surface area contributed by atoms with Gasteiger partial charge in [0.05, 0.1) is 29.3 Å². The minimum atomic E-state index is -0.929. The lowest BCUT2D eigenvalue weighted by molar-refractivity contribution is 0.0695. The van der Waals surface area contributed by atoms with Gasteiger partial charge in [0.25, 0.3) is 0 Å². The molecule has 6 heteroatoms. The van der Waals surface area contributed by atoms with Crippen LogP contribution in [0.25, 0.3) is 0 Å². The topological polar surface area (TPSA) is 72.9 Å². The second-order valence-corrected chi connectivity index (χ2v) is 4.60. The van der Waals surface area contributed by atoms with Crippen LogP contribution < -0.4 is 0 Å². The number of aryl methyl sites for hydroxylation is 3. The molecule has 102 valence electrons. The number of carboxylic acid groups (broad SMARTS) is 1. The fourth-order valence-electron chi connectivity index (χ4n) is 2.31. The van der Waals surface area contributed by atoms with Crippen molar-refractivity contribution in [2.75, 3.05) is 0 Å². The van der Waals surface area contributed by atoms with Gasteiger partial charge in [-0.05, 0) is 33.8 Å². The van der Waals surface area contributed by atoms with E-state index in [1.54, 1.807) is 18.5 Å². The number of aromatic nitrogens is 4. The van der Waals surface area contributed by atoms with E-state index in [1.165, 1.54) is 0 Å². The number of carbonyl (C=O) groups is 1. The van der Waals surface area contributed by atoms with Gasteiger partial charge < -0.3 is 5.11 Å². The summed E-state index contributed by atoms with van der Waals surface area (Å²) < 4.78 is 3.63. The highest BCUT2D eigenvalue weighted by Gasteiger charge is 2.18. The van der Waals surface area contributed by atoms with Crippen molar-refractivity contribution in [1.29, 1.82) is 0 Å². The second kappa shape index (κ2) is 4.87. The van der Waals surface area contributed by atoms with E-state index in [-0.39, 0.29) is 0 Å². The highest BCUT2D eigenvalue weighted by Crippen LogP contribution is 2.15. The summed E-state index contributed by atoms with van der Waals surface area (Å²) in [5.41, 5.74) is 3.49. The highest BCUT2D eigenvalue weighted by atomic mass is 16.4. The fraction of sp³-hybridized carbons (Fsp3) is 0.462. The first-order chi connectivity index (χ1) is 8.93. The molecule has 0 aliphatic carbocycles. The predicted molar refractivity (Wildman–Crippen MR) is 70.4 cm³/mol. The molecule has 0 fully saturated rings. The van der Waals surface area contributed by atoms with E-state index in [9.17, 15) is 4.79 Å². The molecule has 0 bridgehead atoms. The lowest BCUT2D eigenvalue weighted by Gasteiger charge is -2.06. The van der Waals surface area contributed by atoms with Crippen molar-refractivity contribution in [3.63, 3.8) is 0 Å². The average Bonchev–Trinajstić information content (AvgIpc) is 2.80. The van der Waals surface area contributed by atoms with E-state index < -0.39 is 5.97 Å². The van der Waals surface area contributed by atoms with Crippen LogP contribution in [-0.4, -0.2) is 30.6 Å². The molecule has 0 amide bonds. The predicted octanol–water partition coefficient (Wildman–Crippen LogP) is 1.77. The first kappa shape index (κ1) is 13.3. The maximum Gasteiger partial charge on any atom is 0.339 e. The van der Waals surface area contributed by atoms with Gasteiger partial charge in [0.1, 0.15) is 5.56 Å². The molecular weight excluding hydrogens is 244 g/mol. The third-order valence-corrected chi connectivity index (χ3v) is 3.19. The zero-order valence-corrected chi connectivity index (χ0v) is 11.6. The lowest BCUT2D eigenvalue weighted by Crippen LogP contribution is -2.10. The molecule has 0 aliphatic heterocycles. The third kappa shape index (κ3) is 2.38. The Morgan fingerprint density at radius 2 is 1.95 bits per heavy atom. The molecule has 0 aromatic carbocycles. The normalized spacial score (nSPS) is 10.9. The smallest absolute Gasteiger partial charge is 0.339 e. The third-order valence-electron chi connectivity index (χ3n) is 3.19. The molecule has 6 nitrogen and oxygen atoms in total. The molecule has 1 N–H and O–H groups in total. The molecule has 0 unspecified atom stereocenters. The Hall–Kier alpha value is -2.11. The Kier molecular flexibility index (Phi) is 3.42. The molecule has 2 rings (SSSR count). The summed E-state index contributed by atoms with van der Waals surface area (Å²) in [4.78, 5) is 11.2. The molecule has 0 radical (unpaired) electrons. The van der Waals surface area contributed by atoms with Gasteiger partial charge in [-0.3, -0.25) is 9.36 Å². The quantitative estimate of drug-likeness (QED) is 0.911. The highest BCUT2D eigenvalue weighted by molar-refractivity contribution is 5.90. The van der Waals surface area contributed by atoms with Gasteiger partial charge in [0, 0.05) is 6.54 Å². The van der Waals surface area contributed by atoms with Crippen LogP contribution in [0.4, 0.5) is 0 Å². The van der Waals surface area contributed by atoms with Gasteiger partial charge >= 0.3 is 5.97 Å². The molecule has 2 aromatic rings. The summed E-state index contributed by atoms with van der Waals surface area (Å²) in [5.74, 6) is -0.929. The van der Waals surface area contributed by atoms with Crippen LogP contribution in [0.15, 0.2) is 6.07 Å². The number of hydrogen-bond donors (Lipinski definition) is 1. The standard InChI is InChI=1S/C13H18N4O2/c1-5-16-11(6-8(2)14-16)7-17-10(4)12(13(18)19)9(3)15-17/h6H,5,7H2,1-4H3,(H,18,19). The van der Waals surface area contributed by atoms with Gasteiger partial charge in [-0.2, -0.15) is 10.2 Å². The lowest BCUT2D eigenvalue weighted by atomic mass is 10.2. The van der Waals surface area contributed by atoms with Gasteiger partial charge in [-0.1, -0.05) is 0 Å². The van der Waals surface area contributed by atoms with Gasteiger partial charge in [0.2, 0.25) is 0 Å². The molecule has 0 saturated heterocycles. The minimum absolute atomic E-state index is 0.291. The van der Waals surface area contributed by atoms with Crippen LogP contribution in [-0.2, 0) is 13.1 Å². The maximum atomic E-state index is 11.2. The number of rotatable bonds is 4. The van der Waals surface area contributed by atoms with Crippen molar-refractivity contribution in [3.8, 4) is 0 Å². The molecule has 2 heterocycles. The fourth-order valence-corrected chi connectivity index (χ4v) is 2.31. The first-order valence-electron chi connectivity index (χ1n) is 6.24. The molecular formula is C13H18N4O2. The van der Waals surface area contributed by atoms with Crippen molar-refractivity contribution in [3.05, 3.63) is 34.4 Å². The van der Waals surface area contributed by atoms with Crippen LogP contribution in [0, 0.1) is 20.8 Å². The molecule has 0 spiro atoms.